The first-order valence-corrected chi connectivity index (χ1v) is 10.7. The van der Waals surface area contributed by atoms with E-state index in [9.17, 15) is 9.32 Å². The molecule has 31 heavy (non-hydrogen) atoms. The average molecular weight is 422 g/mol. The van der Waals surface area contributed by atoms with Crippen LogP contribution in [0.3, 0.4) is 0 Å². The molecule has 160 valence electrons. The Bertz CT molecular complexity index is 1060. The maximum Gasteiger partial charge on any atom is 0.352 e. The number of fused-ring (bicyclic) bond motifs is 3. The third-order valence-corrected chi connectivity index (χ3v) is 6.26. The summed E-state index contributed by atoms with van der Waals surface area (Å²) in [5.41, 5.74) is 1.92. The third-order valence-electron chi connectivity index (χ3n) is 6.26. The molecule has 2 aliphatic rings. The van der Waals surface area contributed by atoms with Crippen molar-refractivity contribution in [2.45, 2.75) is 50.5 Å². The van der Waals surface area contributed by atoms with Gasteiger partial charge in [0, 0.05) is 29.1 Å². The third kappa shape index (κ3) is 3.89. The Balaban J connectivity index is 1.39. The molecule has 0 spiro atoms. The number of carbonyl (C=O) groups excluding carboxylic acids is 1. The lowest BCUT2D eigenvalue weighted by molar-refractivity contribution is -0.189. The number of aromatic nitrogens is 4. The van der Waals surface area contributed by atoms with Gasteiger partial charge in [-0.05, 0) is 49.8 Å². The molecule has 5 rings (SSSR count). The fourth-order valence-corrected chi connectivity index (χ4v) is 4.71. The summed E-state index contributed by atoms with van der Waals surface area (Å²) < 4.78 is 20.7. The number of nitrogens with zero attached hydrogens (tertiary/aromatic N) is 4. The standard InChI is InChI=1S/C23H23FN4O3/c24-31-23(29)17-13-16-5-1-2-6-19(16)28-20(14-17)26-27-22(28)15-8-10-18(11-9-15)30-21-7-3-4-12-25-21/h1-7,12,15,17-18H,8-11,13-14H2. The van der Waals surface area contributed by atoms with E-state index in [0.29, 0.717) is 24.5 Å². The van der Waals surface area contributed by atoms with Crippen molar-refractivity contribution in [2.75, 3.05) is 0 Å². The van der Waals surface area contributed by atoms with Crippen LogP contribution in [0.15, 0.2) is 48.7 Å². The number of halogens is 1. The lowest BCUT2D eigenvalue weighted by Gasteiger charge is -2.28. The second-order valence-corrected chi connectivity index (χ2v) is 8.20. The van der Waals surface area contributed by atoms with Gasteiger partial charge in [-0.2, -0.15) is 0 Å². The van der Waals surface area contributed by atoms with Gasteiger partial charge in [0.2, 0.25) is 5.88 Å². The second-order valence-electron chi connectivity index (χ2n) is 8.20. The van der Waals surface area contributed by atoms with Gasteiger partial charge in [0.1, 0.15) is 17.8 Å². The van der Waals surface area contributed by atoms with E-state index in [1.165, 1.54) is 0 Å². The van der Waals surface area contributed by atoms with Gasteiger partial charge >= 0.3 is 5.97 Å². The number of rotatable bonds is 4. The van der Waals surface area contributed by atoms with E-state index >= 15 is 0 Å². The number of hydrogen-bond donors (Lipinski definition) is 0. The van der Waals surface area contributed by atoms with Crippen LogP contribution in [-0.2, 0) is 22.6 Å². The highest BCUT2D eigenvalue weighted by atomic mass is 19.3. The number of ether oxygens (including phenoxy) is 1. The smallest absolute Gasteiger partial charge is 0.352 e. The lowest BCUT2D eigenvalue weighted by Crippen LogP contribution is -2.25. The normalized spacial score (nSPS) is 22.7. The van der Waals surface area contributed by atoms with Crippen LogP contribution in [-0.4, -0.2) is 31.8 Å². The van der Waals surface area contributed by atoms with Crippen molar-refractivity contribution < 1.29 is 19.0 Å². The summed E-state index contributed by atoms with van der Waals surface area (Å²) >= 11 is 0. The molecule has 0 bridgehead atoms. The summed E-state index contributed by atoms with van der Waals surface area (Å²) in [6, 6.07) is 13.5. The zero-order valence-corrected chi connectivity index (χ0v) is 17.0. The van der Waals surface area contributed by atoms with Crippen molar-refractivity contribution in [2.24, 2.45) is 5.92 Å². The van der Waals surface area contributed by atoms with Gasteiger partial charge in [0.15, 0.2) is 0 Å². The molecule has 1 saturated carbocycles. The largest absolute Gasteiger partial charge is 0.474 e. The van der Waals surface area contributed by atoms with E-state index in [1.807, 2.05) is 42.5 Å². The average Bonchev–Trinajstić information content (AvgIpc) is 3.15. The van der Waals surface area contributed by atoms with Crippen molar-refractivity contribution in [3.63, 3.8) is 0 Å². The Morgan fingerprint density at radius 1 is 1.00 bits per heavy atom. The minimum atomic E-state index is -0.861. The summed E-state index contributed by atoms with van der Waals surface area (Å²) in [7, 11) is 0. The van der Waals surface area contributed by atoms with Gasteiger partial charge in [-0.3, -0.25) is 9.51 Å². The Hall–Kier alpha value is -3.29. The van der Waals surface area contributed by atoms with E-state index < -0.39 is 11.9 Å². The summed E-state index contributed by atoms with van der Waals surface area (Å²) in [6.07, 6.45) is 6.23. The zero-order valence-electron chi connectivity index (χ0n) is 17.0. The molecule has 1 aliphatic heterocycles. The molecule has 1 atom stereocenters. The molecular formula is C23H23FN4O3. The van der Waals surface area contributed by atoms with E-state index in [1.54, 1.807) is 6.20 Å². The molecule has 3 heterocycles. The topological polar surface area (TPSA) is 79.1 Å². The van der Waals surface area contributed by atoms with E-state index in [4.69, 9.17) is 4.74 Å². The predicted molar refractivity (Wildman–Crippen MR) is 109 cm³/mol. The van der Waals surface area contributed by atoms with Crippen LogP contribution in [0.25, 0.3) is 5.69 Å². The van der Waals surface area contributed by atoms with Gasteiger partial charge in [0.05, 0.1) is 11.6 Å². The highest BCUT2D eigenvalue weighted by molar-refractivity contribution is 5.73. The zero-order chi connectivity index (χ0) is 21.2. The molecule has 0 radical (unpaired) electrons. The minimum absolute atomic E-state index is 0.133. The first-order valence-electron chi connectivity index (χ1n) is 10.7. The van der Waals surface area contributed by atoms with Crippen LogP contribution < -0.4 is 4.74 Å². The Kier molecular flexibility index (Phi) is 5.36. The summed E-state index contributed by atoms with van der Waals surface area (Å²) in [4.78, 5) is 19.8. The summed E-state index contributed by atoms with van der Waals surface area (Å²) in [6.45, 7) is 0. The maximum absolute atomic E-state index is 12.6. The summed E-state index contributed by atoms with van der Waals surface area (Å²) in [5.74, 6) is 0.978. The van der Waals surface area contributed by atoms with E-state index in [0.717, 1.165) is 42.8 Å². The van der Waals surface area contributed by atoms with Gasteiger partial charge in [-0.15, -0.1) is 10.2 Å². The molecule has 2 aromatic heterocycles. The van der Waals surface area contributed by atoms with Crippen LogP contribution in [0.5, 0.6) is 5.88 Å². The molecule has 0 N–H and O–H groups in total. The van der Waals surface area contributed by atoms with Gasteiger partial charge in [-0.1, -0.05) is 24.3 Å². The molecule has 1 aromatic carbocycles. The Labute approximate surface area is 179 Å². The highest BCUT2D eigenvalue weighted by Gasteiger charge is 2.34. The SMILES string of the molecule is O=C(OF)C1Cc2ccccc2-n2c(nnc2C2CCC(Oc3ccccn3)CC2)C1. The second kappa shape index (κ2) is 8.45. The summed E-state index contributed by atoms with van der Waals surface area (Å²) in [5, 5.41) is 8.89. The van der Waals surface area contributed by atoms with Crippen LogP contribution in [0.4, 0.5) is 4.53 Å². The molecule has 1 fully saturated rings. The highest BCUT2D eigenvalue weighted by Crippen LogP contribution is 2.37. The molecular weight excluding hydrogens is 399 g/mol. The van der Waals surface area contributed by atoms with Crippen LogP contribution in [0, 0.1) is 5.92 Å². The van der Waals surface area contributed by atoms with Crippen molar-refractivity contribution in [1.29, 1.82) is 0 Å². The molecule has 3 aromatic rings. The number of pyridine rings is 1. The molecule has 1 aliphatic carbocycles. The number of benzene rings is 1. The van der Waals surface area contributed by atoms with Gasteiger partial charge in [-0.25, -0.2) is 9.78 Å². The number of para-hydroxylation sites is 1. The fraction of sp³-hybridized carbons (Fsp3) is 0.391. The lowest BCUT2D eigenvalue weighted by atomic mass is 9.86. The van der Waals surface area contributed by atoms with Gasteiger partial charge in [0.25, 0.3) is 0 Å². The Morgan fingerprint density at radius 3 is 2.58 bits per heavy atom. The molecule has 8 heteroatoms. The first kappa shape index (κ1) is 19.7. The van der Waals surface area contributed by atoms with Gasteiger partial charge < -0.3 is 4.74 Å². The van der Waals surface area contributed by atoms with Crippen LogP contribution >= 0.6 is 0 Å². The fourth-order valence-electron chi connectivity index (χ4n) is 4.71. The minimum Gasteiger partial charge on any atom is -0.474 e. The molecule has 0 saturated heterocycles. The van der Waals surface area contributed by atoms with Crippen molar-refractivity contribution in [1.82, 2.24) is 19.7 Å². The van der Waals surface area contributed by atoms with Crippen LogP contribution in [0.1, 0.15) is 48.8 Å². The molecule has 1 unspecified atom stereocenters. The molecule has 0 amide bonds. The van der Waals surface area contributed by atoms with Crippen molar-refractivity contribution >= 4 is 5.97 Å². The predicted octanol–water partition coefficient (Wildman–Crippen LogP) is 3.91. The quantitative estimate of drug-likeness (QED) is 0.634. The monoisotopic (exact) mass is 422 g/mol. The van der Waals surface area contributed by atoms with Crippen molar-refractivity contribution in [3.05, 3.63) is 65.9 Å². The van der Waals surface area contributed by atoms with Crippen molar-refractivity contribution in [3.8, 4) is 11.6 Å². The first-order chi connectivity index (χ1) is 15.2. The van der Waals surface area contributed by atoms with E-state index in [2.05, 4.69) is 24.7 Å². The van der Waals surface area contributed by atoms with Crippen LogP contribution in [0.2, 0.25) is 0 Å². The molecule has 7 nitrogen and oxygen atoms in total. The number of carbonyl (C=O) groups is 1. The number of hydrogen-bond acceptors (Lipinski definition) is 6. The Morgan fingerprint density at radius 2 is 1.81 bits per heavy atom. The maximum atomic E-state index is 12.6. The van der Waals surface area contributed by atoms with E-state index in [-0.39, 0.29) is 12.0 Å².